The van der Waals surface area contributed by atoms with E-state index in [4.69, 9.17) is 0 Å². The number of Topliss-reactive ketones (excluding diaryl/α,β-unsaturated/α-hetero) is 1. The van der Waals surface area contributed by atoms with Crippen molar-refractivity contribution in [2.24, 2.45) is 0 Å². The van der Waals surface area contributed by atoms with Crippen molar-refractivity contribution in [3.8, 4) is 0 Å². The zero-order valence-electron chi connectivity index (χ0n) is 17.3. The van der Waals surface area contributed by atoms with Crippen LogP contribution in [0.3, 0.4) is 0 Å². The lowest BCUT2D eigenvalue weighted by Crippen LogP contribution is -2.57. The minimum atomic E-state index is -1.52. The number of para-hydroxylation sites is 1. The van der Waals surface area contributed by atoms with Crippen molar-refractivity contribution in [2.45, 2.75) is 31.3 Å². The number of ketones is 1. The first kappa shape index (κ1) is 21.3. The Labute approximate surface area is 183 Å². The summed E-state index contributed by atoms with van der Waals surface area (Å²) in [4.78, 5) is 67.5. The lowest BCUT2D eigenvalue weighted by Gasteiger charge is -2.36. The number of benzene rings is 1. The average Bonchev–Trinajstić information content (AvgIpc) is 3.24. The average molecular weight is 437 g/mol. The Morgan fingerprint density at radius 1 is 1.03 bits per heavy atom. The number of amides is 3. The minimum absolute atomic E-state index is 0.128. The first-order valence-electron chi connectivity index (χ1n) is 10.5. The van der Waals surface area contributed by atoms with E-state index in [-0.39, 0.29) is 23.7 Å². The molecule has 0 radical (unpaired) electrons. The smallest absolute Gasteiger partial charge is 0.251 e. The number of aromatic amines is 1. The van der Waals surface area contributed by atoms with Gasteiger partial charge in [0.1, 0.15) is 17.7 Å². The molecule has 0 spiro atoms. The predicted octanol–water partition coefficient (Wildman–Crippen LogP) is -0.349. The number of carbonyl (C=O) groups excluding carboxylic acids is 5. The molecule has 1 aromatic heterocycles. The third kappa shape index (κ3) is 4.13. The topological polar surface area (TPSA) is 140 Å². The molecule has 2 unspecified atom stereocenters. The maximum absolute atomic E-state index is 13.2. The van der Waals surface area contributed by atoms with E-state index in [2.05, 4.69) is 20.9 Å². The summed E-state index contributed by atoms with van der Waals surface area (Å²) in [7, 11) is 0. The molecule has 2 saturated heterocycles. The van der Waals surface area contributed by atoms with Crippen LogP contribution >= 0.6 is 0 Å². The van der Waals surface area contributed by atoms with Crippen LogP contribution < -0.4 is 16.0 Å². The lowest BCUT2D eigenvalue weighted by molar-refractivity contribution is -0.131. The van der Waals surface area contributed by atoms with Gasteiger partial charge in [-0.2, -0.15) is 0 Å². The van der Waals surface area contributed by atoms with Crippen molar-refractivity contribution in [3.63, 3.8) is 0 Å². The van der Waals surface area contributed by atoms with Gasteiger partial charge in [-0.05, 0) is 25.3 Å². The number of hydrogen-bond acceptors (Lipinski definition) is 6. The third-order valence-corrected chi connectivity index (χ3v) is 5.81. The number of nitrogens with one attached hydrogen (secondary N) is 4. The highest BCUT2D eigenvalue weighted by Gasteiger charge is 2.35. The van der Waals surface area contributed by atoms with E-state index in [1.165, 1.54) is 6.20 Å². The largest absolute Gasteiger partial charge is 0.360 e. The van der Waals surface area contributed by atoms with Crippen molar-refractivity contribution < 1.29 is 24.0 Å². The zero-order valence-corrected chi connectivity index (χ0v) is 17.3. The molecule has 2 atom stereocenters. The van der Waals surface area contributed by atoms with Crippen LogP contribution in [0.25, 0.3) is 10.9 Å². The van der Waals surface area contributed by atoms with Crippen LogP contribution in [0.2, 0.25) is 0 Å². The summed E-state index contributed by atoms with van der Waals surface area (Å²) in [6.45, 7) is -0.143. The second-order valence-electron chi connectivity index (χ2n) is 7.80. The van der Waals surface area contributed by atoms with Crippen molar-refractivity contribution in [1.29, 1.82) is 0 Å². The number of rotatable bonds is 2. The maximum atomic E-state index is 13.2. The molecule has 2 aliphatic heterocycles. The summed E-state index contributed by atoms with van der Waals surface area (Å²) in [6, 6.07) is 4.95. The fourth-order valence-electron chi connectivity index (χ4n) is 4.17. The molecule has 4 rings (SSSR count). The Hall–Kier alpha value is -3.91. The number of aromatic nitrogens is 1. The highest BCUT2D eigenvalue weighted by Crippen LogP contribution is 2.22. The molecule has 3 heterocycles. The van der Waals surface area contributed by atoms with Crippen LogP contribution in [-0.4, -0.2) is 71.0 Å². The summed E-state index contributed by atoms with van der Waals surface area (Å²) in [5.41, 5.74) is 1.09. The highest BCUT2D eigenvalue weighted by molar-refractivity contribution is 6.20. The molecule has 2 aliphatic rings. The van der Waals surface area contributed by atoms with Crippen LogP contribution in [-0.2, 0) is 19.2 Å². The number of piperidine rings is 1. The van der Waals surface area contributed by atoms with Gasteiger partial charge in [0.2, 0.25) is 11.8 Å². The monoisotopic (exact) mass is 437 g/mol. The van der Waals surface area contributed by atoms with Gasteiger partial charge < -0.3 is 25.8 Å². The Morgan fingerprint density at radius 3 is 2.62 bits per heavy atom. The summed E-state index contributed by atoms with van der Waals surface area (Å²) in [6.07, 6.45) is 3.60. The first-order chi connectivity index (χ1) is 15.5. The number of H-pyrrole nitrogens is 1. The predicted molar refractivity (Wildman–Crippen MR) is 114 cm³/mol. The number of carbonyl (C=O) groups is 4. The van der Waals surface area contributed by atoms with Gasteiger partial charge in [-0.1, -0.05) is 18.2 Å². The normalized spacial score (nSPS) is 22.6. The molecule has 0 aliphatic carbocycles. The van der Waals surface area contributed by atoms with E-state index in [9.17, 15) is 24.0 Å². The Morgan fingerprint density at radius 2 is 1.81 bits per heavy atom. The molecule has 1 aromatic carbocycles. The van der Waals surface area contributed by atoms with Gasteiger partial charge in [-0.3, -0.25) is 19.2 Å². The summed E-state index contributed by atoms with van der Waals surface area (Å²) in [5, 5.41) is 8.13. The Bertz CT molecular complexity index is 1130. The molecule has 10 nitrogen and oxygen atoms in total. The number of hydrogen-bond donors (Lipinski definition) is 4. The molecule has 2 aromatic rings. The van der Waals surface area contributed by atoms with Crippen molar-refractivity contribution in [3.05, 3.63) is 41.7 Å². The molecule has 166 valence electrons. The summed E-state index contributed by atoms with van der Waals surface area (Å²) in [5.74, 6) is -0.590. The Kier molecular flexibility index (Phi) is 6.04. The van der Waals surface area contributed by atoms with Gasteiger partial charge in [0.15, 0.2) is 11.8 Å². The first-order valence-corrected chi connectivity index (χ1v) is 10.5. The van der Waals surface area contributed by atoms with E-state index in [1.54, 1.807) is 29.2 Å². The van der Waals surface area contributed by atoms with Crippen LogP contribution in [0, 0.1) is 0 Å². The standard InChI is InChI=1S/C22H23N5O5/c28-12-13-9-24-22(32)19(20(30)15-10-23-16-6-2-1-5-14(15)16)26-18(29)11-25-21(31)17-7-3-4-8-27(13)17/h1-2,5-6,10,17,19,23H,3-4,7-9,11H2,(H,24,32)(H,25,31)(H,26,29). The molecular weight excluding hydrogens is 414 g/mol. The van der Waals surface area contributed by atoms with Crippen LogP contribution in [0.5, 0.6) is 0 Å². The summed E-state index contributed by atoms with van der Waals surface area (Å²) < 4.78 is 0. The molecule has 32 heavy (non-hydrogen) atoms. The second kappa shape index (κ2) is 9.07. The molecule has 4 N–H and O–H groups in total. The van der Waals surface area contributed by atoms with Gasteiger partial charge in [-0.15, -0.1) is 0 Å². The van der Waals surface area contributed by atoms with E-state index >= 15 is 0 Å². The van der Waals surface area contributed by atoms with Crippen molar-refractivity contribution in [1.82, 2.24) is 25.8 Å². The van der Waals surface area contributed by atoms with Gasteiger partial charge >= 0.3 is 0 Å². The highest BCUT2D eigenvalue weighted by atomic mass is 16.2. The third-order valence-electron chi connectivity index (χ3n) is 5.81. The van der Waals surface area contributed by atoms with Gasteiger partial charge in [0.05, 0.1) is 13.1 Å². The zero-order chi connectivity index (χ0) is 22.7. The fourth-order valence-corrected chi connectivity index (χ4v) is 4.17. The number of nitrogens with zero attached hydrogens (tertiary/aromatic N) is 1. The van der Waals surface area contributed by atoms with E-state index in [1.807, 2.05) is 5.94 Å². The van der Waals surface area contributed by atoms with E-state index in [0.717, 1.165) is 12.8 Å². The molecule has 3 amide bonds. The van der Waals surface area contributed by atoms with E-state index in [0.29, 0.717) is 23.9 Å². The van der Waals surface area contributed by atoms with Crippen molar-refractivity contribution >= 4 is 40.3 Å². The SMILES string of the molecule is O=C=C1CNC(=O)C(C(=O)c2c[nH]c3ccccc23)NC(=O)CNC(=O)C2CCCCN12. The van der Waals surface area contributed by atoms with Gasteiger partial charge in [0, 0.05) is 29.2 Å². The van der Waals surface area contributed by atoms with Crippen LogP contribution in [0.1, 0.15) is 29.6 Å². The molecule has 2 fully saturated rings. The van der Waals surface area contributed by atoms with Crippen LogP contribution in [0.15, 0.2) is 36.2 Å². The molecule has 10 heteroatoms. The lowest BCUT2D eigenvalue weighted by atomic mass is 10.00. The van der Waals surface area contributed by atoms with Crippen molar-refractivity contribution in [2.75, 3.05) is 19.6 Å². The van der Waals surface area contributed by atoms with E-state index < -0.39 is 36.2 Å². The molecule has 0 bridgehead atoms. The van der Waals surface area contributed by atoms with Crippen LogP contribution in [0.4, 0.5) is 0 Å². The second-order valence-corrected chi connectivity index (χ2v) is 7.80. The van der Waals surface area contributed by atoms with Gasteiger partial charge in [0.25, 0.3) is 5.91 Å². The van der Waals surface area contributed by atoms with Gasteiger partial charge in [-0.25, -0.2) is 4.79 Å². The molecular formula is C22H23N5O5. The Balaban J connectivity index is 1.63. The maximum Gasteiger partial charge on any atom is 0.251 e. The molecule has 0 saturated carbocycles. The quantitative estimate of drug-likeness (QED) is 0.288. The fraction of sp³-hybridized carbons (Fsp3) is 0.364. The summed E-state index contributed by atoms with van der Waals surface area (Å²) >= 11 is 0. The number of fused-ring (bicyclic) bond motifs is 2. The minimum Gasteiger partial charge on any atom is -0.360 e.